The second-order valence-electron chi connectivity index (χ2n) is 38.7. The Hall–Kier alpha value is -14.9. The van der Waals surface area contributed by atoms with Crippen LogP contribution in [0.3, 0.4) is 0 Å². The SMILES string of the molecule is CCC1=C(C)c2nc1cc1[nH]c(c(C)c1CC)c1c3nc(cc4[nH]c(c(C)c4CC)c2-c2ccccc2CCCn2c(=O)c4cc5c(=O)n(c(=O)c5cc4c2=O)CCCc2ccccc2-c2c4nc(cc5[nH]c(c(C)c5CC)c(c5nc(cc6[nH]c2c(C)c6CC)C(CC)=C5C)-c2ccccc2CCCn2c(=O)c5cc6c(=O)n(c(=O)c6cc5c2=O)CCCc2ccccc2-1)C(CC)=C4C)C(CC)=C3C. The average molecular weight is 1850 g/mol. The van der Waals surface area contributed by atoms with E-state index in [-0.39, 0.29) is 69.3 Å². The monoisotopic (exact) mass is 1850 g/mol. The highest BCUT2D eigenvalue weighted by Gasteiger charge is 2.33. The van der Waals surface area contributed by atoms with E-state index >= 15 is 0 Å². The zero-order valence-electron chi connectivity index (χ0n) is 82.8. The quantitative estimate of drug-likeness (QED) is 0.111. The van der Waals surface area contributed by atoms with Crippen LogP contribution in [0.1, 0.15) is 247 Å². The molecule has 0 fully saturated rings. The third-order valence-electron chi connectivity index (χ3n) is 31.5. The third kappa shape index (κ3) is 14.4. The molecule has 0 amide bonds. The highest BCUT2D eigenvalue weighted by atomic mass is 16.2. The number of aryl methyl sites for hydroxylation is 12. The fourth-order valence-corrected chi connectivity index (χ4v) is 24.3. The largest absolute Gasteiger partial charge is 0.354 e. The van der Waals surface area contributed by atoms with E-state index in [1.54, 1.807) is 0 Å². The third-order valence-corrected chi connectivity index (χ3v) is 31.5. The molecule has 20 heteroatoms. The Morgan fingerprint density at radius 1 is 0.250 bits per heavy atom. The predicted octanol–water partition coefficient (Wildman–Crippen LogP) is 23.8. The highest BCUT2D eigenvalue weighted by molar-refractivity contribution is 6.08. The van der Waals surface area contributed by atoms with E-state index in [2.05, 4.69) is 228 Å². The van der Waals surface area contributed by atoms with Gasteiger partial charge in [-0.2, -0.15) is 0 Å². The number of H-pyrrole nitrogens is 4. The fourth-order valence-electron chi connectivity index (χ4n) is 24.3. The number of rotatable bonds is 8. The van der Waals surface area contributed by atoms with E-state index in [1.165, 1.54) is 42.5 Å². The molecule has 20 nitrogen and oxygen atoms in total. The van der Waals surface area contributed by atoms with Crippen molar-refractivity contribution in [2.45, 2.75) is 240 Å². The molecule has 24 heterocycles. The molecule has 6 aromatic carbocycles. The highest BCUT2D eigenvalue weighted by Crippen LogP contribution is 2.49. The van der Waals surface area contributed by atoms with Crippen LogP contribution in [0.15, 0.2) is 184 Å². The molecule has 14 aliphatic rings. The molecular formula is C120H116N12O8. The molecule has 0 saturated carbocycles. The lowest BCUT2D eigenvalue weighted by Crippen LogP contribution is -2.26. The molecule has 0 aliphatic carbocycles. The molecule has 704 valence electrons. The normalized spacial score (nSPS) is 14.3. The summed E-state index contributed by atoms with van der Waals surface area (Å²) in [5.41, 5.74) is 38.9. The van der Waals surface area contributed by atoms with E-state index in [4.69, 9.17) is 19.9 Å². The Balaban J connectivity index is 0.736. The number of nitrogens with zero attached hydrogens (tertiary/aromatic N) is 8. The van der Waals surface area contributed by atoms with Crippen molar-refractivity contribution in [1.82, 2.24) is 58.1 Å². The van der Waals surface area contributed by atoms with Gasteiger partial charge in [0.15, 0.2) is 0 Å². The van der Waals surface area contributed by atoms with Crippen molar-refractivity contribution in [3.8, 4) is 44.5 Å². The Morgan fingerprint density at radius 2 is 0.436 bits per heavy atom. The lowest BCUT2D eigenvalue weighted by atomic mass is 9.91. The van der Waals surface area contributed by atoms with Gasteiger partial charge in [-0.15, -0.1) is 0 Å². The number of aromatic nitrogens is 12. The van der Waals surface area contributed by atoms with Gasteiger partial charge in [0.1, 0.15) is 0 Å². The minimum atomic E-state index is -0.508. The zero-order valence-corrected chi connectivity index (χ0v) is 82.8. The van der Waals surface area contributed by atoms with E-state index in [0.29, 0.717) is 103 Å². The van der Waals surface area contributed by atoms with Crippen LogP contribution in [-0.2, 0) is 77.5 Å². The first-order chi connectivity index (χ1) is 67.8. The van der Waals surface area contributed by atoms with Crippen molar-refractivity contribution in [3.63, 3.8) is 0 Å². The minimum absolute atomic E-state index is 0.0778. The van der Waals surface area contributed by atoms with Gasteiger partial charge in [-0.25, -0.2) is 19.9 Å². The predicted molar refractivity (Wildman–Crippen MR) is 574 cm³/mol. The second-order valence-corrected chi connectivity index (χ2v) is 38.7. The van der Waals surface area contributed by atoms with Crippen LogP contribution in [0.4, 0.5) is 0 Å². The van der Waals surface area contributed by atoms with Gasteiger partial charge in [0.05, 0.1) is 111 Å². The summed E-state index contributed by atoms with van der Waals surface area (Å²) >= 11 is 0. The van der Waals surface area contributed by atoms with Crippen LogP contribution in [0.5, 0.6) is 0 Å². The molecule has 0 radical (unpaired) electrons. The number of aromatic amines is 4. The standard InChI is InChI=1S/C120H116N12O8/c1-17-73-61(9)105-101-81-45-29-25-37-69(81)41-33-49-129-113(133)85-53-87-88(54-86(85)114(129)134)118(138)131(117(87)137)51-35-43-71-39-27-31-47-83(71)103-109-65(13)77(21-5)97(125-109)59-99-79(23-7)67(15)111(127-99)104(112-68(16)80(24-8)100(128-112)60-98-78(22-6)66(14)110(103)126-98)84-48-32-28-40-72(84)44-36-52-132-119(139)91-55-89-90(56-92(91)120(132)140)116(136)130(115(89)135)50-34-42-70-38-26-30-46-82(70)102(107-62(10)74(18-2)94(122-107)57-93(73)121-105)108-64(12)76(20-4)96(124-108)58-95-75(19-3)63(11)106(101)123-95/h25-32,37-40,45-48,53-60,121,124-125,128H,17-24,33-36,41-44,49-52H2,1-16H3. The summed E-state index contributed by atoms with van der Waals surface area (Å²) in [6.07, 6.45) is 9.03. The Bertz CT molecular complexity index is 7910. The molecule has 0 spiro atoms. The molecule has 14 aliphatic heterocycles. The first kappa shape index (κ1) is 91.5. The summed E-state index contributed by atoms with van der Waals surface area (Å²) in [6.45, 7) is 35.2. The van der Waals surface area contributed by atoms with Gasteiger partial charge in [-0.1, -0.05) is 152 Å². The summed E-state index contributed by atoms with van der Waals surface area (Å²) in [6, 6.07) is 48.2. The van der Waals surface area contributed by atoms with Gasteiger partial charge in [0.2, 0.25) is 0 Å². The Labute approximate surface area is 809 Å². The van der Waals surface area contributed by atoms with Gasteiger partial charge in [0.25, 0.3) is 44.5 Å². The smallest absolute Gasteiger partial charge is 0.261 e. The van der Waals surface area contributed by atoms with Gasteiger partial charge < -0.3 is 19.9 Å². The number of allylic oxidation sites excluding steroid dienone is 8. The molecule has 0 unspecified atom stereocenters. The average Bonchev–Trinajstić information content (AvgIpc) is 1.61. The van der Waals surface area contributed by atoms with Crippen LogP contribution in [0.2, 0.25) is 0 Å². The molecule has 4 N–H and O–H groups in total. The molecule has 16 aromatic rings. The van der Waals surface area contributed by atoms with Gasteiger partial charge in [-0.05, 0) is 340 Å². The van der Waals surface area contributed by atoms with E-state index in [0.717, 1.165) is 246 Å². The Morgan fingerprint density at radius 3 is 0.614 bits per heavy atom. The molecular weight excluding hydrogens is 1740 g/mol. The van der Waals surface area contributed by atoms with E-state index in [1.807, 2.05) is 24.3 Å². The van der Waals surface area contributed by atoms with Crippen LogP contribution < -0.4 is 44.5 Å². The minimum Gasteiger partial charge on any atom is -0.354 e. The van der Waals surface area contributed by atoms with Crippen molar-refractivity contribution in [2.75, 3.05) is 0 Å². The van der Waals surface area contributed by atoms with Crippen LogP contribution >= 0.6 is 0 Å². The molecule has 30 rings (SSSR count). The fraction of sp³-hybridized carbons (Fsp3) is 0.300. The van der Waals surface area contributed by atoms with Crippen molar-refractivity contribution in [2.24, 2.45) is 0 Å². The number of nitrogens with one attached hydrogen (secondary N) is 4. The van der Waals surface area contributed by atoms with Crippen molar-refractivity contribution in [3.05, 3.63) is 341 Å². The lowest BCUT2D eigenvalue weighted by molar-refractivity contribution is 0.618. The number of hydrogen-bond donors (Lipinski definition) is 4. The topological polar surface area (TPSA) is 271 Å². The summed E-state index contributed by atoms with van der Waals surface area (Å²) in [7, 11) is 0. The molecule has 140 heavy (non-hydrogen) atoms. The maximum absolute atomic E-state index is 14.9. The summed E-state index contributed by atoms with van der Waals surface area (Å²) < 4.78 is 5.08. The maximum atomic E-state index is 14.9. The number of hydrogen-bond acceptors (Lipinski definition) is 12. The molecule has 10 aromatic heterocycles. The summed E-state index contributed by atoms with van der Waals surface area (Å²) in [5, 5.41) is 0.830. The van der Waals surface area contributed by atoms with Crippen molar-refractivity contribution in [1.29, 1.82) is 0 Å². The number of benzene rings is 6. The van der Waals surface area contributed by atoms with Crippen molar-refractivity contribution >= 4 is 132 Å². The Kier molecular flexibility index (Phi) is 23.4. The second kappa shape index (κ2) is 35.8. The van der Waals surface area contributed by atoms with Crippen LogP contribution in [-0.4, -0.2) is 58.1 Å². The summed E-state index contributed by atoms with van der Waals surface area (Å²) in [5.74, 6) is 0. The molecule has 0 atom stereocenters. The molecule has 0 saturated heterocycles. The van der Waals surface area contributed by atoms with Crippen LogP contribution in [0, 0.1) is 27.7 Å². The van der Waals surface area contributed by atoms with Gasteiger partial charge in [0, 0.05) is 70.5 Å². The zero-order chi connectivity index (χ0) is 97.7. The maximum Gasteiger partial charge on any atom is 0.261 e. The van der Waals surface area contributed by atoms with Crippen molar-refractivity contribution < 1.29 is 0 Å². The van der Waals surface area contributed by atoms with E-state index in [9.17, 15) is 38.4 Å². The van der Waals surface area contributed by atoms with Gasteiger partial charge >= 0.3 is 0 Å². The lowest BCUT2D eigenvalue weighted by Gasteiger charge is -2.13. The van der Waals surface area contributed by atoms with E-state index < -0.39 is 44.5 Å². The first-order valence-corrected chi connectivity index (χ1v) is 50.3. The molecule has 32 bridgehead atoms. The van der Waals surface area contributed by atoms with Gasteiger partial charge in [-0.3, -0.25) is 56.6 Å². The summed E-state index contributed by atoms with van der Waals surface area (Å²) in [4.78, 5) is 159. The first-order valence-electron chi connectivity index (χ1n) is 50.3. The van der Waals surface area contributed by atoms with Crippen LogP contribution in [0.25, 0.3) is 176 Å².